The summed E-state index contributed by atoms with van der Waals surface area (Å²) < 4.78 is 34.9. The molecule has 0 fully saturated rings. The van der Waals surface area contributed by atoms with Crippen molar-refractivity contribution in [1.29, 1.82) is 0 Å². The van der Waals surface area contributed by atoms with Crippen LogP contribution in [0.15, 0.2) is 0 Å². The van der Waals surface area contributed by atoms with Crippen molar-refractivity contribution in [3.8, 4) is 0 Å². The van der Waals surface area contributed by atoms with Crippen LogP contribution in [0.3, 0.4) is 0 Å². The SMILES string of the molecule is CCNC(=O)CNCCSC(F)(F)F. The van der Waals surface area contributed by atoms with Gasteiger partial charge < -0.3 is 10.6 Å². The summed E-state index contributed by atoms with van der Waals surface area (Å²) in [7, 11) is 0. The third-order valence-electron chi connectivity index (χ3n) is 1.20. The summed E-state index contributed by atoms with van der Waals surface area (Å²) in [6.07, 6.45) is 0. The number of hydrogen-bond donors (Lipinski definition) is 2. The average Bonchev–Trinajstić information content (AvgIpc) is 2.02. The Morgan fingerprint density at radius 1 is 1.43 bits per heavy atom. The van der Waals surface area contributed by atoms with Gasteiger partial charge >= 0.3 is 5.51 Å². The van der Waals surface area contributed by atoms with Crippen molar-refractivity contribution in [2.75, 3.05) is 25.4 Å². The maximum absolute atomic E-state index is 11.6. The molecule has 0 saturated carbocycles. The van der Waals surface area contributed by atoms with E-state index in [1.54, 1.807) is 6.92 Å². The summed E-state index contributed by atoms with van der Waals surface area (Å²) in [6.45, 7) is 2.53. The summed E-state index contributed by atoms with van der Waals surface area (Å²) in [5, 5.41) is 5.13. The van der Waals surface area contributed by atoms with Gasteiger partial charge in [-0.15, -0.1) is 0 Å². The van der Waals surface area contributed by atoms with E-state index in [1.165, 1.54) is 0 Å². The molecule has 0 heterocycles. The minimum atomic E-state index is -4.19. The molecule has 0 aromatic heterocycles. The first-order chi connectivity index (χ1) is 6.45. The number of carbonyl (C=O) groups excluding carboxylic acids is 1. The zero-order valence-electron chi connectivity index (χ0n) is 7.78. The molecule has 1 amide bonds. The number of hydrogen-bond acceptors (Lipinski definition) is 3. The normalized spacial score (nSPS) is 11.4. The number of carbonyl (C=O) groups is 1. The molecule has 0 aliphatic rings. The van der Waals surface area contributed by atoms with Crippen LogP contribution in [0.5, 0.6) is 0 Å². The number of halogens is 3. The fraction of sp³-hybridized carbons (Fsp3) is 0.857. The number of likely N-dealkylation sites (N-methyl/N-ethyl adjacent to an activating group) is 1. The van der Waals surface area contributed by atoms with Gasteiger partial charge in [0.25, 0.3) is 0 Å². The Hall–Kier alpha value is -0.430. The molecule has 3 nitrogen and oxygen atoms in total. The van der Waals surface area contributed by atoms with Gasteiger partial charge in [0, 0.05) is 18.8 Å². The van der Waals surface area contributed by atoms with Gasteiger partial charge in [0.1, 0.15) is 0 Å². The molecule has 0 aliphatic heterocycles. The Kier molecular flexibility index (Phi) is 6.73. The van der Waals surface area contributed by atoms with Gasteiger partial charge in [0.2, 0.25) is 5.91 Å². The highest BCUT2D eigenvalue weighted by molar-refractivity contribution is 8.00. The van der Waals surface area contributed by atoms with Crippen LogP contribution in [0.25, 0.3) is 0 Å². The Balaban J connectivity index is 3.26. The Morgan fingerprint density at radius 2 is 2.07 bits per heavy atom. The topological polar surface area (TPSA) is 41.1 Å². The third kappa shape index (κ3) is 9.66. The van der Waals surface area contributed by atoms with E-state index in [4.69, 9.17) is 0 Å². The van der Waals surface area contributed by atoms with Crippen LogP contribution in [0.4, 0.5) is 13.2 Å². The molecule has 0 aromatic rings. The van der Waals surface area contributed by atoms with E-state index >= 15 is 0 Å². The first kappa shape index (κ1) is 13.6. The molecule has 7 heteroatoms. The van der Waals surface area contributed by atoms with Crippen LogP contribution < -0.4 is 10.6 Å². The molecule has 0 bridgehead atoms. The van der Waals surface area contributed by atoms with Crippen LogP contribution in [0.2, 0.25) is 0 Å². The lowest BCUT2D eigenvalue weighted by Gasteiger charge is -2.06. The van der Waals surface area contributed by atoms with Crippen LogP contribution in [-0.4, -0.2) is 36.8 Å². The molecular formula is C7H13F3N2OS. The maximum atomic E-state index is 11.6. The predicted octanol–water partition coefficient (Wildman–Crippen LogP) is 0.965. The van der Waals surface area contributed by atoms with E-state index in [2.05, 4.69) is 10.6 Å². The summed E-state index contributed by atoms with van der Waals surface area (Å²) in [5.41, 5.74) is -4.19. The van der Waals surface area contributed by atoms with Gasteiger partial charge in [-0.05, 0) is 18.7 Å². The lowest BCUT2D eigenvalue weighted by Crippen LogP contribution is -2.34. The molecule has 0 unspecified atom stereocenters. The van der Waals surface area contributed by atoms with Gasteiger partial charge in [-0.1, -0.05) is 0 Å². The number of amides is 1. The molecule has 0 saturated heterocycles. The largest absolute Gasteiger partial charge is 0.441 e. The molecular weight excluding hydrogens is 217 g/mol. The van der Waals surface area contributed by atoms with Crippen molar-refractivity contribution in [1.82, 2.24) is 10.6 Å². The molecule has 0 spiro atoms. The van der Waals surface area contributed by atoms with Crippen LogP contribution in [-0.2, 0) is 4.79 Å². The Morgan fingerprint density at radius 3 is 2.57 bits per heavy atom. The highest BCUT2D eigenvalue weighted by atomic mass is 32.2. The van der Waals surface area contributed by atoms with Gasteiger partial charge in [0.15, 0.2) is 0 Å². The molecule has 84 valence electrons. The fourth-order valence-electron chi connectivity index (χ4n) is 0.701. The quantitative estimate of drug-likeness (QED) is 0.668. The highest BCUT2D eigenvalue weighted by Gasteiger charge is 2.27. The molecule has 0 aliphatic carbocycles. The minimum absolute atomic E-state index is 0.0618. The Labute approximate surface area is 84.8 Å². The summed E-state index contributed by atoms with van der Waals surface area (Å²) in [6, 6.07) is 0. The monoisotopic (exact) mass is 230 g/mol. The fourth-order valence-corrected chi connectivity index (χ4v) is 1.18. The van der Waals surface area contributed by atoms with Crippen molar-refractivity contribution < 1.29 is 18.0 Å². The van der Waals surface area contributed by atoms with E-state index in [9.17, 15) is 18.0 Å². The van der Waals surface area contributed by atoms with Gasteiger partial charge in [-0.2, -0.15) is 13.2 Å². The van der Waals surface area contributed by atoms with E-state index < -0.39 is 5.51 Å². The summed E-state index contributed by atoms with van der Waals surface area (Å²) in [5.74, 6) is -0.285. The standard InChI is InChI=1S/C7H13F3N2OS/c1-2-12-6(13)5-11-3-4-14-7(8,9)10/h11H,2-5H2,1H3,(H,12,13). The summed E-state index contributed by atoms with van der Waals surface area (Å²) >= 11 is -0.0956. The van der Waals surface area contributed by atoms with Crippen molar-refractivity contribution in [3.63, 3.8) is 0 Å². The second kappa shape index (κ2) is 6.94. The van der Waals surface area contributed by atoms with E-state index in [0.717, 1.165) is 0 Å². The van der Waals surface area contributed by atoms with Crippen molar-refractivity contribution in [3.05, 3.63) is 0 Å². The van der Waals surface area contributed by atoms with Crippen molar-refractivity contribution in [2.24, 2.45) is 0 Å². The molecule has 0 radical (unpaired) electrons. The minimum Gasteiger partial charge on any atom is -0.355 e. The Bertz CT molecular complexity index is 175. The van der Waals surface area contributed by atoms with E-state index in [0.29, 0.717) is 6.54 Å². The molecule has 2 N–H and O–H groups in total. The number of rotatable bonds is 6. The summed E-state index contributed by atoms with van der Waals surface area (Å²) in [4.78, 5) is 10.8. The number of nitrogens with one attached hydrogen (secondary N) is 2. The van der Waals surface area contributed by atoms with Gasteiger partial charge in [-0.3, -0.25) is 4.79 Å². The van der Waals surface area contributed by atoms with Crippen molar-refractivity contribution in [2.45, 2.75) is 12.4 Å². The van der Waals surface area contributed by atoms with Gasteiger partial charge in [0.05, 0.1) is 6.54 Å². The number of alkyl halides is 3. The molecule has 14 heavy (non-hydrogen) atoms. The number of thioether (sulfide) groups is 1. The van der Waals surface area contributed by atoms with E-state index in [-0.39, 0.29) is 36.5 Å². The van der Waals surface area contributed by atoms with E-state index in [1.807, 2.05) is 0 Å². The maximum Gasteiger partial charge on any atom is 0.441 e. The predicted molar refractivity (Wildman–Crippen MR) is 50.1 cm³/mol. The van der Waals surface area contributed by atoms with Gasteiger partial charge in [-0.25, -0.2) is 0 Å². The van der Waals surface area contributed by atoms with Crippen LogP contribution in [0.1, 0.15) is 6.92 Å². The molecule has 0 atom stereocenters. The first-order valence-electron chi connectivity index (χ1n) is 4.14. The first-order valence-corrected chi connectivity index (χ1v) is 5.12. The lowest BCUT2D eigenvalue weighted by molar-refractivity contribution is -0.120. The third-order valence-corrected chi connectivity index (χ3v) is 1.94. The zero-order valence-corrected chi connectivity index (χ0v) is 8.60. The van der Waals surface area contributed by atoms with Crippen LogP contribution in [0, 0.1) is 0 Å². The molecule has 0 rings (SSSR count). The lowest BCUT2D eigenvalue weighted by atomic mass is 10.5. The second-order valence-corrected chi connectivity index (χ2v) is 3.58. The van der Waals surface area contributed by atoms with Crippen LogP contribution >= 0.6 is 11.8 Å². The second-order valence-electron chi connectivity index (χ2n) is 2.42. The van der Waals surface area contributed by atoms with Crippen molar-refractivity contribution >= 4 is 17.7 Å². The zero-order chi connectivity index (χ0) is 11.0. The molecule has 0 aromatic carbocycles. The average molecular weight is 230 g/mol. The highest BCUT2D eigenvalue weighted by Crippen LogP contribution is 2.29. The smallest absolute Gasteiger partial charge is 0.355 e.